The molecule has 0 saturated carbocycles. The van der Waals surface area contributed by atoms with Gasteiger partial charge >= 0.3 is 0 Å². The Morgan fingerprint density at radius 2 is 1.77 bits per heavy atom. The zero-order chi connectivity index (χ0) is 18.4. The molecule has 0 aliphatic carbocycles. The largest absolute Gasteiger partial charge is 0.497 e. The highest BCUT2D eigenvalue weighted by Crippen LogP contribution is 2.15. The predicted octanol–water partition coefficient (Wildman–Crippen LogP) is 3.28. The summed E-state index contributed by atoms with van der Waals surface area (Å²) >= 11 is 0. The number of carbonyl (C=O) groups excluding carboxylic acids is 1. The van der Waals surface area contributed by atoms with Gasteiger partial charge in [-0.1, -0.05) is 36.4 Å². The van der Waals surface area contributed by atoms with Crippen molar-refractivity contribution in [1.82, 2.24) is 9.80 Å². The van der Waals surface area contributed by atoms with E-state index >= 15 is 0 Å². The van der Waals surface area contributed by atoms with Crippen LogP contribution in [0.15, 0.2) is 48.5 Å². The fourth-order valence-electron chi connectivity index (χ4n) is 3.45. The molecule has 1 amide bonds. The van der Waals surface area contributed by atoms with Gasteiger partial charge in [-0.2, -0.15) is 0 Å². The number of benzene rings is 2. The van der Waals surface area contributed by atoms with Crippen LogP contribution in [0.3, 0.4) is 0 Å². The third-order valence-corrected chi connectivity index (χ3v) is 5.11. The first-order valence-electron chi connectivity index (χ1n) is 9.33. The van der Waals surface area contributed by atoms with Gasteiger partial charge in [-0.25, -0.2) is 0 Å². The lowest BCUT2D eigenvalue weighted by molar-refractivity contribution is -0.130. The number of aryl methyl sites for hydroxylation is 1. The molecule has 138 valence electrons. The van der Waals surface area contributed by atoms with Crippen LogP contribution in [0.25, 0.3) is 0 Å². The molecule has 1 fully saturated rings. The van der Waals surface area contributed by atoms with E-state index in [0.29, 0.717) is 6.42 Å². The summed E-state index contributed by atoms with van der Waals surface area (Å²) in [5.74, 6) is 1.13. The third-order valence-electron chi connectivity index (χ3n) is 5.11. The van der Waals surface area contributed by atoms with Crippen molar-refractivity contribution in [2.75, 3.05) is 33.3 Å². The molecule has 0 unspecified atom stereocenters. The Morgan fingerprint density at radius 3 is 2.50 bits per heavy atom. The maximum absolute atomic E-state index is 12.7. The van der Waals surface area contributed by atoms with Crippen molar-refractivity contribution in [3.63, 3.8) is 0 Å². The molecule has 3 rings (SSSR count). The first kappa shape index (κ1) is 18.5. The summed E-state index contributed by atoms with van der Waals surface area (Å²) in [7, 11) is 1.69. The standard InChI is InChI=1S/C22H28N2O2/c1-18-6-3-4-7-20(18)16-22(25)24-13-5-12-23(14-15-24)17-19-8-10-21(26-2)11-9-19/h3-4,6-11H,5,12-17H2,1-2H3. The van der Waals surface area contributed by atoms with Gasteiger partial charge in [-0.3, -0.25) is 9.69 Å². The minimum Gasteiger partial charge on any atom is -0.497 e. The molecule has 1 aliphatic rings. The summed E-state index contributed by atoms with van der Waals surface area (Å²) in [4.78, 5) is 17.2. The molecule has 4 heteroatoms. The molecule has 1 saturated heterocycles. The topological polar surface area (TPSA) is 32.8 Å². The lowest BCUT2D eigenvalue weighted by Gasteiger charge is -2.22. The van der Waals surface area contributed by atoms with Gasteiger partial charge in [0.15, 0.2) is 0 Å². The minimum absolute atomic E-state index is 0.241. The van der Waals surface area contributed by atoms with E-state index in [0.717, 1.165) is 50.5 Å². The van der Waals surface area contributed by atoms with Gasteiger partial charge in [0.25, 0.3) is 0 Å². The van der Waals surface area contributed by atoms with Crippen LogP contribution in [0.5, 0.6) is 5.75 Å². The van der Waals surface area contributed by atoms with E-state index < -0.39 is 0 Å². The maximum atomic E-state index is 12.7. The Balaban J connectivity index is 1.54. The summed E-state index contributed by atoms with van der Waals surface area (Å²) in [5, 5.41) is 0. The highest BCUT2D eigenvalue weighted by Gasteiger charge is 2.19. The molecule has 0 N–H and O–H groups in total. The smallest absolute Gasteiger partial charge is 0.227 e. The van der Waals surface area contributed by atoms with Crippen molar-refractivity contribution in [1.29, 1.82) is 0 Å². The Bertz CT molecular complexity index is 727. The zero-order valence-corrected chi connectivity index (χ0v) is 15.8. The minimum atomic E-state index is 0.241. The van der Waals surface area contributed by atoms with Crippen molar-refractivity contribution >= 4 is 5.91 Å². The average molecular weight is 352 g/mol. The van der Waals surface area contributed by atoms with Crippen molar-refractivity contribution in [2.45, 2.75) is 26.3 Å². The van der Waals surface area contributed by atoms with E-state index in [2.05, 4.69) is 36.1 Å². The SMILES string of the molecule is COc1ccc(CN2CCCN(C(=O)Cc3ccccc3C)CC2)cc1. The van der Waals surface area contributed by atoms with Gasteiger partial charge in [0.1, 0.15) is 5.75 Å². The Kier molecular flexibility index (Phi) is 6.29. The first-order valence-corrected chi connectivity index (χ1v) is 9.33. The first-order chi connectivity index (χ1) is 12.7. The van der Waals surface area contributed by atoms with Crippen molar-refractivity contribution in [3.05, 3.63) is 65.2 Å². The van der Waals surface area contributed by atoms with Crippen LogP contribution in [0.4, 0.5) is 0 Å². The number of methoxy groups -OCH3 is 1. The molecule has 2 aromatic carbocycles. The van der Waals surface area contributed by atoms with E-state index in [-0.39, 0.29) is 5.91 Å². The summed E-state index contributed by atoms with van der Waals surface area (Å²) in [5.41, 5.74) is 3.61. The Morgan fingerprint density at radius 1 is 1.00 bits per heavy atom. The van der Waals surface area contributed by atoms with Gasteiger partial charge < -0.3 is 9.64 Å². The summed E-state index contributed by atoms with van der Waals surface area (Å²) in [6.45, 7) is 6.60. The van der Waals surface area contributed by atoms with E-state index in [9.17, 15) is 4.79 Å². The number of hydrogen-bond acceptors (Lipinski definition) is 3. The summed E-state index contributed by atoms with van der Waals surface area (Å²) in [6, 6.07) is 16.4. The zero-order valence-electron chi connectivity index (χ0n) is 15.8. The van der Waals surface area contributed by atoms with Crippen LogP contribution in [0.1, 0.15) is 23.1 Å². The molecule has 0 radical (unpaired) electrons. The van der Waals surface area contributed by atoms with Crippen molar-refractivity contribution in [2.24, 2.45) is 0 Å². The lowest BCUT2D eigenvalue weighted by Crippen LogP contribution is -2.36. The van der Waals surface area contributed by atoms with Crippen LogP contribution >= 0.6 is 0 Å². The molecule has 26 heavy (non-hydrogen) atoms. The number of hydrogen-bond donors (Lipinski definition) is 0. The van der Waals surface area contributed by atoms with Crippen molar-refractivity contribution in [3.8, 4) is 5.75 Å². The van der Waals surface area contributed by atoms with Gasteiger partial charge in [-0.05, 0) is 42.2 Å². The van der Waals surface area contributed by atoms with Crippen LogP contribution < -0.4 is 4.74 Å². The monoisotopic (exact) mass is 352 g/mol. The molecule has 0 aromatic heterocycles. The molecule has 2 aromatic rings. The molecular weight excluding hydrogens is 324 g/mol. The van der Waals surface area contributed by atoms with Crippen LogP contribution in [0.2, 0.25) is 0 Å². The van der Waals surface area contributed by atoms with Gasteiger partial charge in [-0.15, -0.1) is 0 Å². The molecule has 0 bridgehead atoms. The quantitative estimate of drug-likeness (QED) is 0.828. The normalized spacial score (nSPS) is 15.5. The second-order valence-corrected chi connectivity index (χ2v) is 6.96. The number of amides is 1. The van der Waals surface area contributed by atoms with Crippen LogP contribution in [-0.4, -0.2) is 49.0 Å². The number of carbonyl (C=O) groups is 1. The maximum Gasteiger partial charge on any atom is 0.227 e. The molecule has 4 nitrogen and oxygen atoms in total. The fraction of sp³-hybridized carbons (Fsp3) is 0.409. The predicted molar refractivity (Wildman–Crippen MR) is 104 cm³/mol. The molecule has 1 aliphatic heterocycles. The van der Waals surface area contributed by atoms with Crippen LogP contribution in [-0.2, 0) is 17.8 Å². The second-order valence-electron chi connectivity index (χ2n) is 6.96. The average Bonchev–Trinajstić information content (AvgIpc) is 2.90. The summed E-state index contributed by atoms with van der Waals surface area (Å²) < 4.78 is 5.22. The van der Waals surface area contributed by atoms with Gasteiger partial charge in [0.05, 0.1) is 13.5 Å². The van der Waals surface area contributed by atoms with Crippen LogP contribution in [0, 0.1) is 6.92 Å². The Labute approximate surface area is 156 Å². The number of nitrogens with zero attached hydrogens (tertiary/aromatic N) is 2. The lowest BCUT2D eigenvalue weighted by atomic mass is 10.1. The molecule has 0 spiro atoms. The van der Waals surface area contributed by atoms with E-state index in [1.165, 1.54) is 11.1 Å². The Hall–Kier alpha value is -2.33. The van der Waals surface area contributed by atoms with E-state index in [4.69, 9.17) is 4.74 Å². The number of rotatable bonds is 5. The molecule has 0 atom stereocenters. The highest BCUT2D eigenvalue weighted by atomic mass is 16.5. The van der Waals surface area contributed by atoms with E-state index in [1.807, 2.05) is 29.2 Å². The van der Waals surface area contributed by atoms with Gasteiger partial charge in [0, 0.05) is 32.7 Å². The highest BCUT2D eigenvalue weighted by molar-refractivity contribution is 5.79. The fourth-order valence-corrected chi connectivity index (χ4v) is 3.45. The van der Waals surface area contributed by atoms with Crippen molar-refractivity contribution < 1.29 is 9.53 Å². The second kappa shape index (κ2) is 8.86. The number of ether oxygens (including phenoxy) is 1. The molecular formula is C22H28N2O2. The van der Waals surface area contributed by atoms with Gasteiger partial charge in [0.2, 0.25) is 5.91 Å². The van der Waals surface area contributed by atoms with E-state index in [1.54, 1.807) is 7.11 Å². The molecule has 1 heterocycles. The third kappa shape index (κ3) is 4.85. The summed E-state index contributed by atoms with van der Waals surface area (Å²) in [6.07, 6.45) is 1.53.